The summed E-state index contributed by atoms with van der Waals surface area (Å²) in [4.78, 5) is 29.4. The zero-order valence-electron chi connectivity index (χ0n) is 26.3. The highest BCUT2D eigenvalue weighted by Gasteiger charge is 2.26. The number of ether oxygens (including phenoxy) is 1. The van der Waals surface area contributed by atoms with Crippen LogP contribution in [0.15, 0.2) is 103 Å². The van der Waals surface area contributed by atoms with E-state index in [0.29, 0.717) is 46.6 Å². The molecular weight excluding hydrogens is 702 g/mol. The van der Waals surface area contributed by atoms with Crippen LogP contribution in [0.2, 0.25) is 20.1 Å². The number of para-hydroxylation sites is 2. The van der Waals surface area contributed by atoms with Crippen LogP contribution in [0.25, 0.3) is 0 Å². The molecule has 5 aromatic carbocycles. The summed E-state index contributed by atoms with van der Waals surface area (Å²) >= 11 is 24.6. The second-order valence-corrected chi connectivity index (χ2v) is 13.3. The molecule has 0 aliphatic carbocycles. The van der Waals surface area contributed by atoms with Gasteiger partial charge in [0.2, 0.25) is 0 Å². The summed E-state index contributed by atoms with van der Waals surface area (Å²) < 4.78 is 5.80. The lowest BCUT2D eigenvalue weighted by Gasteiger charge is -2.29. The average Bonchev–Trinajstić information content (AvgIpc) is 3.13. The minimum atomic E-state index is -0.200. The predicted molar refractivity (Wildman–Crippen MR) is 198 cm³/mol. The molecule has 2 aliphatic rings. The van der Waals surface area contributed by atoms with E-state index >= 15 is 0 Å². The molecule has 49 heavy (non-hydrogen) atoms. The molecule has 250 valence electrons. The number of fused-ring (bicyclic) bond motifs is 2. The van der Waals surface area contributed by atoms with E-state index in [9.17, 15) is 14.7 Å². The molecule has 1 N–H and O–H groups in total. The number of anilines is 2. The summed E-state index contributed by atoms with van der Waals surface area (Å²) in [6, 6.07) is 31.8. The molecule has 0 radical (unpaired) electrons. The van der Waals surface area contributed by atoms with Gasteiger partial charge in [0, 0.05) is 35.6 Å². The van der Waals surface area contributed by atoms with Crippen LogP contribution in [0.5, 0.6) is 11.5 Å². The van der Waals surface area contributed by atoms with E-state index in [-0.39, 0.29) is 27.6 Å². The lowest BCUT2D eigenvalue weighted by Crippen LogP contribution is -2.35. The molecule has 0 aromatic heterocycles. The van der Waals surface area contributed by atoms with Crippen molar-refractivity contribution in [3.63, 3.8) is 0 Å². The number of carbonyl (C=O) groups is 2. The number of hydrogen-bond donors (Lipinski definition) is 1. The lowest BCUT2D eigenvalue weighted by atomic mass is 10.0. The molecule has 0 saturated carbocycles. The fourth-order valence-electron chi connectivity index (χ4n) is 6.04. The van der Waals surface area contributed by atoms with Crippen molar-refractivity contribution in [3.8, 4) is 11.5 Å². The van der Waals surface area contributed by atoms with Crippen molar-refractivity contribution in [1.29, 1.82) is 0 Å². The first kappa shape index (κ1) is 34.7. The summed E-state index contributed by atoms with van der Waals surface area (Å²) in [5.41, 5.74) is 6.07. The number of benzene rings is 5. The van der Waals surface area contributed by atoms with Crippen molar-refractivity contribution in [2.24, 2.45) is 0 Å². The molecule has 10 heteroatoms. The molecule has 2 amide bonds. The van der Waals surface area contributed by atoms with Gasteiger partial charge in [0.15, 0.2) is 11.5 Å². The van der Waals surface area contributed by atoms with Gasteiger partial charge in [0.1, 0.15) is 6.61 Å². The number of halogens is 4. The summed E-state index contributed by atoms with van der Waals surface area (Å²) in [5, 5.41) is 10.4. The maximum Gasteiger partial charge on any atom is 0.258 e. The van der Waals surface area contributed by atoms with Gasteiger partial charge in [0.05, 0.1) is 20.1 Å². The van der Waals surface area contributed by atoms with E-state index in [4.69, 9.17) is 51.1 Å². The normalized spacial score (nSPS) is 13.5. The van der Waals surface area contributed by atoms with Crippen LogP contribution < -0.4 is 14.5 Å². The molecule has 5 aromatic rings. The molecule has 0 bridgehead atoms. The van der Waals surface area contributed by atoms with Crippen LogP contribution in [0.3, 0.4) is 0 Å². The maximum atomic E-state index is 13.1. The van der Waals surface area contributed by atoms with Gasteiger partial charge < -0.3 is 19.6 Å². The van der Waals surface area contributed by atoms with Crippen molar-refractivity contribution in [1.82, 2.24) is 0 Å². The molecule has 0 atom stereocenters. The Balaban J connectivity index is 0.000000177. The Hall–Kier alpha value is -4.20. The van der Waals surface area contributed by atoms with Crippen molar-refractivity contribution in [2.75, 3.05) is 22.9 Å². The highest BCUT2D eigenvalue weighted by Crippen LogP contribution is 2.37. The second kappa shape index (κ2) is 15.6. The number of phenols is 1. The number of carbonyl (C=O) groups excluding carboxylic acids is 2. The van der Waals surface area contributed by atoms with Crippen LogP contribution in [0.1, 0.15) is 50.2 Å². The zero-order chi connectivity index (χ0) is 34.5. The first-order valence-electron chi connectivity index (χ1n) is 15.8. The third-order valence-electron chi connectivity index (χ3n) is 8.45. The van der Waals surface area contributed by atoms with Gasteiger partial charge in [-0.05, 0) is 78.8 Å². The number of hydrogen-bond acceptors (Lipinski definition) is 4. The van der Waals surface area contributed by atoms with Crippen molar-refractivity contribution < 1.29 is 19.4 Å². The van der Waals surface area contributed by atoms with E-state index in [1.165, 1.54) is 17.7 Å². The topological polar surface area (TPSA) is 70.1 Å². The van der Waals surface area contributed by atoms with Gasteiger partial charge in [-0.15, -0.1) is 0 Å². The number of nitrogens with zero attached hydrogens (tertiary/aromatic N) is 2. The molecule has 6 nitrogen and oxygen atoms in total. The number of rotatable bonds is 5. The van der Waals surface area contributed by atoms with Crippen LogP contribution >= 0.6 is 46.4 Å². The zero-order valence-corrected chi connectivity index (χ0v) is 29.4. The molecule has 0 saturated heterocycles. The maximum absolute atomic E-state index is 13.1. The standard InChI is InChI=1S/C23H19Cl2NO2.C16H13Cl2NO2/c24-19-13-18(14-20(25)22(19)28-15-16-7-2-1-3-8-16)23(27)26-12-6-10-17-9-4-5-11-21(17)26;17-12-8-11(9-13(18)15(12)20)16(21)19-7-3-5-10-4-1-2-6-14(10)19/h1-5,7-9,11,13-14H,6,10,12,15H2;1-2,4,6,8-9,20H,3,5,7H2. The van der Waals surface area contributed by atoms with E-state index < -0.39 is 0 Å². The van der Waals surface area contributed by atoms with Gasteiger partial charge in [-0.2, -0.15) is 0 Å². The molecule has 0 spiro atoms. The third-order valence-corrected chi connectivity index (χ3v) is 9.58. The Bertz CT molecular complexity index is 1960. The molecule has 0 unspecified atom stereocenters. The second-order valence-electron chi connectivity index (χ2n) is 11.7. The summed E-state index contributed by atoms with van der Waals surface area (Å²) in [7, 11) is 0. The van der Waals surface area contributed by atoms with Crippen molar-refractivity contribution in [3.05, 3.63) is 151 Å². The fourth-order valence-corrected chi connectivity index (χ4v) is 7.12. The van der Waals surface area contributed by atoms with E-state index in [1.807, 2.05) is 72.8 Å². The molecule has 7 rings (SSSR count). The predicted octanol–water partition coefficient (Wildman–Crippen LogP) is 10.5. The van der Waals surface area contributed by atoms with Gasteiger partial charge in [-0.3, -0.25) is 9.59 Å². The number of phenolic OH excluding ortho intramolecular Hbond substituents is 1. The van der Waals surface area contributed by atoms with Crippen LogP contribution in [0, 0.1) is 0 Å². The van der Waals surface area contributed by atoms with Crippen LogP contribution in [0.4, 0.5) is 11.4 Å². The number of aryl methyl sites for hydroxylation is 2. The molecule has 2 heterocycles. The lowest BCUT2D eigenvalue weighted by molar-refractivity contribution is 0.0977. The average molecular weight is 735 g/mol. The first-order chi connectivity index (χ1) is 23.7. The van der Waals surface area contributed by atoms with Gasteiger partial charge in [0.25, 0.3) is 11.8 Å². The monoisotopic (exact) mass is 732 g/mol. The summed E-state index contributed by atoms with van der Waals surface area (Å²) in [5.74, 6) is -0.0757. The Morgan fingerprint density at radius 1 is 0.612 bits per heavy atom. The number of amides is 2. The Kier molecular flexibility index (Phi) is 11.0. The van der Waals surface area contributed by atoms with Crippen molar-refractivity contribution in [2.45, 2.75) is 32.3 Å². The Morgan fingerprint density at radius 2 is 1.04 bits per heavy atom. The Morgan fingerprint density at radius 3 is 1.53 bits per heavy atom. The Labute approximate surface area is 305 Å². The fraction of sp³-hybridized carbons (Fsp3) is 0.179. The van der Waals surface area contributed by atoms with E-state index in [0.717, 1.165) is 48.2 Å². The minimum Gasteiger partial charge on any atom is -0.505 e. The SMILES string of the molecule is O=C(c1cc(Cl)c(O)c(Cl)c1)N1CCCc2ccccc21.O=C(c1cc(Cl)c(OCc2ccccc2)c(Cl)c1)N1CCCc2ccccc21. The van der Waals surface area contributed by atoms with E-state index in [1.54, 1.807) is 21.9 Å². The molecular formula is C39H32Cl4N2O4. The molecule has 0 fully saturated rings. The van der Waals surface area contributed by atoms with Crippen molar-refractivity contribution >= 4 is 69.6 Å². The van der Waals surface area contributed by atoms with Crippen LogP contribution in [-0.4, -0.2) is 30.0 Å². The number of aromatic hydroxyl groups is 1. The van der Waals surface area contributed by atoms with Crippen LogP contribution in [-0.2, 0) is 19.4 Å². The van der Waals surface area contributed by atoms with E-state index in [2.05, 4.69) is 6.07 Å². The largest absolute Gasteiger partial charge is 0.505 e. The summed E-state index contributed by atoms with van der Waals surface area (Å²) in [6.07, 6.45) is 3.80. The van der Waals surface area contributed by atoms with Gasteiger partial charge in [-0.1, -0.05) is 113 Å². The summed E-state index contributed by atoms with van der Waals surface area (Å²) in [6.45, 7) is 1.69. The highest BCUT2D eigenvalue weighted by atomic mass is 35.5. The minimum absolute atomic E-state index is 0.0798. The molecule has 2 aliphatic heterocycles. The smallest absolute Gasteiger partial charge is 0.258 e. The first-order valence-corrected chi connectivity index (χ1v) is 17.4. The third kappa shape index (κ3) is 7.84. The quantitative estimate of drug-likeness (QED) is 0.195. The highest BCUT2D eigenvalue weighted by molar-refractivity contribution is 6.38. The van der Waals surface area contributed by atoms with Gasteiger partial charge in [-0.25, -0.2) is 0 Å². The van der Waals surface area contributed by atoms with Gasteiger partial charge >= 0.3 is 0 Å².